The van der Waals surface area contributed by atoms with Crippen molar-refractivity contribution >= 4 is 11.6 Å². The van der Waals surface area contributed by atoms with Crippen molar-refractivity contribution < 1.29 is 9.47 Å². The molecule has 1 aliphatic rings. The van der Waals surface area contributed by atoms with Crippen molar-refractivity contribution in [1.82, 2.24) is 0 Å². The zero-order chi connectivity index (χ0) is 15.5. The van der Waals surface area contributed by atoms with Crippen LogP contribution in [0.4, 0.5) is 5.69 Å². The Bertz CT molecular complexity index is 522. The highest BCUT2D eigenvalue weighted by atomic mass is 16.5. The maximum Gasteiger partial charge on any atom is 0.193 e. The van der Waals surface area contributed by atoms with Crippen LogP contribution in [-0.2, 0) is 0 Å². The van der Waals surface area contributed by atoms with Crippen LogP contribution >= 0.6 is 0 Å². The minimum Gasteiger partial charge on any atom is -0.493 e. The Balaban J connectivity index is 2.01. The van der Waals surface area contributed by atoms with Gasteiger partial charge < -0.3 is 20.5 Å². The lowest BCUT2D eigenvalue weighted by Crippen LogP contribution is -2.25. The van der Waals surface area contributed by atoms with E-state index in [0.717, 1.165) is 12.2 Å². The van der Waals surface area contributed by atoms with Gasteiger partial charge in [0, 0.05) is 18.3 Å². The van der Waals surface area contributed by atoms with E-state index in [2.05, 4.69) is 24.2 Å². The van der Waals surface area contributed by atoms with Gasteiger partial charge in [-0.05, 0) is 36.3 Å². The lowest BCUT2D eigenvalue weighted by Gasteiger charge is -2.17. The molecule has 116 valence electrons. The van der Waals surface area contributed by atoms with Crippen LogP contribution < -0.4 is 20.5 Å². The Kier molecular flexibility index (Phi) is 4.60. The summed E-state index contributed by atoms with van der Waals surface area (Å²) in [5.41, 5.74) is 7.17. The SMILES string of the molecule is COc1ccc(NC(N)=NCC2(C(C)C)CC2)cc1OC. The molecule has 1 aromatic rings. The molecule has 1 aliphatic carbocycles. The van der Waals surface area contributed by atoms with Crippen LogP contribution in [0.5, 0.6) is 11.5 Å². The number of hydrogen-bond acceptors (Lipinski definition) is 3. The first-order valence-electron chi connectivity index (χ1n) is 7.30. The standard InChI is InChI=1S/C16H25N3O2/c1-11(2)16(7-8-16)10-18-15(17)19-12-5-6-13(20-3)14(9-12)21-4/h5-6,9,11H,7-8,10H2,1-4H3,(H3,17,18,19). The van der Waals surface area contributed by atoms with Crippen LogP contribution in [0, 0.1) is 11.3 Å². The van der Waals surface area contributed by atoms with Crippen LogP contribution in [0.15, 0.2) is 23.2 Å². The number of anilines is 1. The van der Waals surface area contributed by atoms with Crippen molar-refractivity contribution in [1.29, 1.82) is 0 Å². The molecule has 0 heterocycles. The Morgan fingerprint density at radius 2 is 1.95 bits per heavy atom. The van der Waals surface area contributed by atoms with Gasteiger partial charge in [-0.1, -0.05) is 13.8 Å². The normalized spacial score (nSPS) is 16.7. The molecule has 0 bridgehead atoms. The number of rotatable bonds is 6. The molecule has 1 aromatic carbocycles. The van der Waals surface area contributed by atoms with Crippen molar-refractivity contribution in [2.45, 2.75) is 26.7 Å². The Morgan fingerprint density at radius 3 is 2.48 bits per heavy atom. The fourth-order valence-corrected chi connectivity index (χ4v) is 2.42. The molecule has 3 N–H and O–H groups in total. The van der Waals surface area contributed by atoms with Crippen LogP contribution in [0.2, 0.25) is 0 Å². The molecule has 0 spiro atoms. The summed E-state index contributed by atoms with van der Waals surface area (Å²) in [5, 5.41) is 3.10. The lowest BCUT2D eigenvalue weighted by atomic mass is 9.93. The first-order valence-corrected chi connectivity index (χ1v) is 7.30. The highest BCUT2D eigenvalue weighted by Gasteiger charge is 2.45. The molecule has 1 fully saturated rings. The van der Waals surface area contributed by atoms with Crippen LogP contribution in [0.1, 0.15) is 26.7 Å². The summed E-state index contributed by atoms with van der Waals surface area (Å²) in [4.78, 5) is 4.48. The fraction of sp³-hybridized carbons (Fsp3) is 0.562. The Hall–Kier alpha value is -1.91. The molecule has 0 atom stereocenters. The summed E-state index contributed by atoms with van der Waals surface area (Å²) >= 11 is 0. The smallest absolute Gasteiger partial charge is 0.193 e. The lowest BCUT2D eigenvalue weighted by molar-refractivity contribution is 0.355. The van der Waals surface area contributed by atoms with E-state index in [9.17, 15) is 0 Å². The van der Waals surface area contributed by atoms with E-state index in [1.54, 1.807) is 14.2 Å². The third-order valence-corrected chi connectivity index (χ3v) is 4.34. The van der Waals surface area contributed by atoms with Gasteiger partial charge in [0.15, 0.2) is 17.5 Å². The molecule has 0 radical (unpaired) electrons. The van der Waals surface area contributed by atoms with Crippen LogP contribution in [0.25, 0.3) is 0 Å². The molecule has 0 amide bonds. The number of nitrogens with two attached hydrogens (primary N) is 1. The molecule has 0 aromatic heterocycles. The largest absolute Gasteiger partial charge is 0.493 e. The molecule has 5 heteroatoms. The molecule has 21 heavy (non-hydrogen) atoms. The zero-order valence-electron chi connectivity index (χ0n) is 13.3. The van der Waals surface area contributed by atoms with Crippen molar-refractivity contribution in [3.8, 4) is 11.5 Å². The minimum atomic E-state index is 0.365. The average molecular weight is 291 g/mol. The van der Waals surface area contributed by atoms with Crippen molar-refractivity contribution in [3.05, 3.63) is 18.2 Å². The van der Waals surface area contributed by atoms with E-state index in [1.165, 1.54) is 12.8 Å². The second-order valence-corrected chi connectivity index (χ2v) is 5.91. The summed E-state index contributed by atoms with van der Waals surface area (Å²) in [7, 11) is 3.22. The Morgan fingerprint density at radius 1 is 1.29 bits per heavy atom. The maximum absolute atomic E-state index is 5.97. The number of methoxy groups -OCH3 is 2. The monoisotopic (exact) mass is 291 g/mol. The van der Waals surface area contributed by atoms with Gasteiger partial charge in [-0.3, -0.25) is 4.99 Å². The number of ether oxygens (including phenoxy) is 2. The van der Waals surface area contributed by atoms with Gasteiger partial charge in [0.2, 0.25) is 0 Å². The van der Waals surface area contributed by atoms with Gasteiger partial charge in [0.05, 0.1) is 14.2 Å². The molecular weight excluding hydrogens is 266 g/mol. The van der Waals surface area contributed by atoms with E-state index >= 15 is 0 Å². The third kappa shape index (κ3) is 3.60. The number of nitrogens with one attached hydrogen (secondary N) is 1. The van der Waals surface area contributed by atoms with Crippen LogP contribution in [-0.4, -0.2) is 26.7 Å². The van der Waals surface area contributed by atoms with Gasteiger partial charge >= 0.3 is 0 Å². The third-order valence-electron chi connectivity index (χ3n) is 4.34. The molecule has 0 aliphatic heterocycles. The molecule has 1 saturated carbocycles. The minimum absolute atomic E-state index is 0.365. The van der Waals surface area contributed by atoms with E-state index < -0.39 is 0 Å². The number of benzene rings is 1. The fourth-order valence-electron chi connectivity index (χ4n) is 2.42. The molecule has 5 nitrogen and oxygen atoms in total. The molecule has 0 saturated heterocycles. The van der Waals surface area contributed by atoms with Gasteiger partial charge in [-0.25, -0.2) is 0 Å². The predicted molar refractivity (Wildman–Crippen MR) is 86.2 cm³/mol. The summed E-state index contributed by atoms with van der Waals surface area (Å²) in [6.07, 6.45) is 2.50. The summed E-state index contributed by atoms with van der Waals surface area (Å²) in [6.45, 7) is 5.29. The van der Waals surface area contributed by atoms with Crippen LogP contribution in [0.3, 0.4) is 0 Å². The number of hydrogen-bond donors (Lipinski definition) is 2. The van der Waals surface area contributed by atoms with Gasteiger partial charge in [-0.2, -0.15) is 0 Å². The van der Waals surface area contributed by atoms with E-state index in [0.29, 0.717) is 28.8 Å². The maximum atomic E-state index is 5.97. The first kappa shape index (κ1) is 15.5. The van der Waals surface area contributed by atoms with E-state index in [-0.39, 0.29) is 0 Å². The number of aliphatic imine (C=N–C) groups is 1. The summed E-state index contributed by atoms with van der Waals surface area (Å²) in [6, 6.07) is 5.57. The second-order valence-electron chi connectivity index (χ2n) is 5.91. The van der Waals surface area contributed by atoms with Crippen molar-refractivity contribution in [2.75, 3.05) is 26.1 Å². The molecule has 0 unspecified atom stereocenters. The summed E-state index contributed by atoms with van der Waals surface area (Å²) in [5.74, 6) is 2.44. The topological polar surface area (TPSA) is 68.9 Å². The van der Waals surface area contributed by atoms with Gasteiger partial charge in [0.1, 0.15) is 0 Å². The number of guanidine groups is 1. The second kappa shape index (κ2) is 6.24. The van der Waals surface area contributed by atoms with E-state index in [4.69, 9.17) is 15.2 Å². The number of nitrogens with zero attached hydrogens (tertiary/aromatic N) is 1. The first-order chi connectivity index (χ1) is 10.0. The van der Waals surface area contributed by atoms with Gasteiger partial charge in [-0.15, -0.1) is 0 Å². The highest BCUT2D eigenvalue weighted by molar-refractivity contribution is 5.92. The summed E-state index contributed by atoms with van der Waals surface area (Å²) < 4.78 is 10.5. The average Bonchev–Trinajstić information content (AvgIpc) is 3.26. The van der Waals surface area contributed by atoms with Crippen molar-refractivity contribution in [2.24, 2.45) is 22.1 Å². The Labute approximate surface area is 126 Å². The molecular formula is C16H25N3O2. The van der Waals surface area contributed by atoms with Gasteiger partial charge in [0.25, 0.3) is 0 Å². The quantitative estimate of drug-likeness (QED) is 0.624. The van der Waals surface area contributed by atoms with E-state index in [1.807, 2.05) is 18.2 Å². The zero-order valence-corrected chi connectivity index (χ0v) is 13.3. The highest BCUT2D eigenvalue weighted by Crippen LogP contribution is 2.51. The molecule has 2 rings (SSSR count). The van der Waals surface area contributed by atoms with Crippen molar-refractivity contribution in [3.63, 3.8) is 0 Å². The predicted octanol–water partition coefficient (Wildman–Crippen LogP) is 2.87.